The Morgan fingerprint density at radius 3 is 2.80 bits per heavy atom. The van der Waals surface area contributed by atoms with Crippen molar-refractivity contribution >= 4 is 27.3 Å². The summed E-state index contributed by atoms with van der Waals surface area (Å²) in [7, 11) is 1.94. The molecule has 0 amide bonds. The summed E-state index contributed by atoms with van der Waals surface area (Å²) in [5, 5.41) is 3.26. The number of furan rings is 1. The maximum Gasteiger partial charge on any atom is 0.126 e. The first-order chi connectivity index (χ1) is 7.22. The number of nitrogens with one attached hydrogen (secondary N) is 1. The zero-order valence-electron chi connectivity index (χ0n) is 8.58. The fourth-order valence-electron chi connectivity index (χ4n) is 1.51. The number of rotatable bonds is 3. The summed E-state index contributed by atoms with van der Waals surface area (Å²) in [5.74, 6) is 0.950. The molecule has 15 heavy (non-hydrogen) atoms. The van der Waals surface area contributed by atoms with Crippen LogP contribution < -0.4 is 5.32 Å². The zero-order chi connectivity index (χ0) is 10.8. The molecule has 2 heterocycles. The second kappa shape index (κ2) is 4.51. The van der Waals surface area contributed by atoms with Gasteiger partial charge in [0.05, 0.1) is 10.0 Å². The van der Waals surface area contributed by atoms with Crippen LogP contribution in [0.15, 0.2) is 32.7 Å². The zero-order valence-corrected chi connectivity index (χ0v) is 11.0. The van der Waals surface area contributed by atoms with Crippen LogP contribution in [0, 0.1) is 6.92 Å². The monoisotopic (exact) mass is 285 g/mol. The summed E-state index contributed by atoms with van der Waals surface area (Å²) in [4.78, 5) is 1.26. The van der Waals surface area contributed by atoms with Gasteiger partial charge in [-0.05, 0) is 53.7 Å². The van der Waals surface area contributed by atoms with Crippen molar-refractivity contribution in [2.75, 3.05) is 7.05 Å². The highest BCUT2D eigenvalue weighted by atomic mass is 79.9. The summed E-state index contributed by atoms with van der Waals surface area (Å²) < 4.78 is 6.60. The standard InChI is InChI=1S/C11H12BrNOS/c1-7-6-9(15-11(7)12)10(13-2)8-4-3-5-14-8/h3-6,10,13H,1-2H3. The number of hydrogen-bond acceptors (Lipinski definition) is 3. The van der Waals surface area contributed by atoms with E-state index in [9.17, 15) is 0 Å². The largest absolute Gasteiger partial charge is 0.467 e. The summed E-state index contributed by atoms with van der Waals surface area (Å²) in [6.45, 7) is 2.10. The highest BCUT2D eigenvalue weighted by molar-refractivity contribution is 9.11. The molecule has 1 atom stereocenters. The van der Waals surface area contributed by atoms with Gasteiger partial charge in [-0.2, -0.15) is 0 Å². The first-order valence-electron chi connectivity index (χ1n) is 4.69. The van der Waals surface area contributed by atoms with Crippen molar-refractivity contribution in [2.45, 2.75) is 13.0 Å². The Hall–Kier alpha value is -0.580. The Labute approximate surface area is 101 Å². The normalized spacial score (nSPS) is 13.0. The Morgan fingerprint density at radius 1 is 1.53 bits per heavy atom. The molecule has 0 spiro atoms. The van der Waals surface area contributed by atoms with Gasteiger partial charge in [0.2, 0.25) is 0 Å². The van der Waals surface area contributed by atoms with Gasteiger partial charge in [-0.15, -0.1) is 11.3 Å². The van der Waals surface area contributed by atoms with Crippen molar-refractivity contribution in [3.05, 3.63) is 44.4 Å². The third-order valence-electron chi connectivity index (χ3n) is 2.28. The van der Waals surface area contributed by atoms with Crippen molar-refractivity contribution in [2.24, 2.45) is 0 Å². The highest BCUT2D eigenvalue weighted by Crippen LogP contribution is 2.34. The lowest BCUT2D eigenvalue weighted by Crippen LogP contribution is -2.15. The Morgan fingerprint density at radius 2 is 2.33 bits per heavy atom. The topological polar surface area (TPSA) is 25.2 Å². The third-order valence-corrected chi connectivity index (χ3v) is 4.48. The fraction of sp³-hybridized carbons (Fsp3) is 0.273. The van der Waals surface area contributed by atoms with E-state index in [-0.39, 0.29) is 6.04 Å². The van der Waals surface area contributed by atoms with Gasteiger partial charge in [0.25, 0.3) is 0 Å². The van der Waals surface area contributed by atoms with Crippen LogP contribution in [-0.4, -0.2) is 7.05 Å². The lowest BCUT2D eigenvalue weighted by molar-refractivity contribution is 0.466. The number of hydrogen-bond donors (Lipinski definition) is 1. The van der Waals surface area contributed by atoms with Crippen LogP contribution in [0.25, 0.3) is 0 Å². The van der Waals surface area contributed by atoms with E-state index in [0.717, 1.165) is 5.76 Å². The molecule has 0 saturated carbocycles. The van der Waals surface area contributed by atoms with E-state index in [2.05, 4.69) is 34.2 Å². The third kappa shape index (κ3) is 2.17. The van der Waals surface area contributed by atoms with Crippen molar-refractivity contribution < 1.29 is 4.42 Å². The van der Waals surface area contributed by atoms with Crippen LogP contribution in [0.4, 0.5) is 0 Å². The van der Waals surface area contributed by atoms with Crippen LogP contribution in [0.3, 0.4) is 0 Å². The minimum atomic E-state index is 0.148. The number of halogens is 1. The molecule has 0 aromatic carbocycles. The molecule has 4 heteroatoms. The second-order valence-electron chi connectivity index (χ2n) is 3.34. The van der Waals surface area contributed by atoms with Crippen LogP contribution in [0.2, 0.25) is 0 Å². The first kappa shape index (κ1) is 10.9. The summed E-state index contributed by atoms with van der Waals surface area (Å²) >= 11 is 5.28. The molecule has 1 N–H and O–H groups in total. The lowest BCUT2D eigenvalue weighted by atomic mass is 10.2. The van der Waals surface area contributed by atoms with Crippen LogP contribution in [0.1, 0.15) is 22.2 Å². The molecule has 0 radical (unpaired) electrons. The van der Waals surface area contributed by atoms with E-state index in [1.165, 1.54) is 14.2 Å². The minimum absolute atomic E-state index is 0.148. The average Bonchev–Trinajstić information content (AvgIpc) is 2.80. The van der Waals surface area contributed by atoms with E-state index in [1.807, 2.05) is 19.2 Å². The van der Waals surface area contributed by atoms with Crippen molar-refractivity contribution in [3.8, 4) is 0 Å². The number of thiophene rings is 1. The average molecular weight is 286 g/mol. The molecule has 1 unspecified atom stereocenters. The smallest absolute Gasteiger partial charge is 0.126 e. The molecule has 0 aliphatic rings. The minimum Gasteiger partial charge on any atom is -0.467 e. The summed E-state index contributed by atoms with van der Waals surface area (Å²) in [6, 6.07) is 6.23. The molecule has 2 nitrogen and oxygen atoms in total. The fourth-order valence-corrected chi connectivity index (χ4v) is 3.20. The predicted molar refractivity (Wildman–Crippen MR) is 66.4 cm³/mol. The molecule has 2 aromatic rings. The molecule has 80 valence electrons. The van der Waals surface area contributed by atoms with Crippen LogP contribution in [-0.2, 0) is 0 Å². The van der Waals surface area contributed by atoms with E-state index in [1.54, 1.807) is 17.6 Å². The van der Waals surface area contributed by atoms with Crippen molar-refractivity contribution in [3.63, 3.8) is 0 Å². The second-order valence-corrected chi connectivity index (χ2v) is 5.74. The van der Waals surface area contributed by atoms with Gasteiger partial charge in [0, 0.05) is 4.88 Å². The van der Waals surface area contributed by atoms with E-state index >= 15 is 0 Å². The molecule has 0 saturated heterocycles. The van der Waals surface area contributed by atoms with Gasteiger partial charge in [-0.1, -0.05) is 0 Å². The molecule has 0 fully saturated rings. The Kier molecular flexibility index (Phi) is 3.29. The maximum atomic E-state index is 5.42. The van der Waals surface area contributed by atoms with Gasteiger partial charge in [-0.3, -0.25) is 0 Å². The summed E-state index contributed by atoms with van der Waals surface area (Å²) in [6.07, 6.45) is 1.70. The van der Waals surface area contributed by atoms with Gasteiger partial charge in [-0.25, -0.2) is 0 Å². The Bertz CT molecular complexity index is 416. The van der Waals surface area contributed by atoms with Gasteiger partial charge in [0.1, 0.15) is 11.8 Å². The van der Waals surface area contributed by atoms with E-state index in [0.29, 0.717) is 0 Å². The number of aryl methyl sites for hydroxylation is 1. The quantitative estimate of drug-likeness (QED) is 0.930. The molecule has 0 bridgehead atoms. The molecule has 2 aromatic heterocycles. The molecule has 0 aliphatic heterocycles. The van der Waals surface area contributed by atoms with Gasteiger partial charge >= 0.3 is 0 Å². The van der Waals surface area contributed by atoms with Crippen molar-refractivity contribution in [1.82, 2.24) is 5.32 Å². The lowest BCUT2D eigenvalue weighted by Gasteiger charge is -2.10. The highest BCUT2D eigenvalue weighted by Gasteiger charge is 2.17. The van der Waals surface area contributed by atoms with Crippen molar-refractivity contribution in [1.29, 1.82) is 0 Å². The first-order valence-corrected chi connectivity index (χ1v) is 6.30. The molecule has 2 rings (SSSR count). The van der Waals surface area contributed by atoms with E-state index < -0.39 is 0 Å². The molecular formula is C11H12BrNOS. The molecule has 0 aliphatic carbocycles. The van der Waals surface area contributed by atoms with Crippen LogP contribution >= 0.6 is 27.3 Å². The maximum absolute atomic E-state index is 5.42. The SMILES string of the molecule is CNC(c1ccco1)c1cc(C)c(Br)s1. The van der Waals surface area contributed by atoms with Crippen LogP contribution in [0.5, 0.6) is 0 Å². The van der Waals surface area contributed by atoms with Gasteiger partial charge in [0.15, 0.2) is 0 Å². The predicted octanol–water partition coefficient (Wildman–Crippen LogP) is 3.72. The van der Waals surface area contributed by atoms with E-state index in [4.69, 9.17) is 4.42 Å². The summed E-state index contributed by atoms with van der Waals surface area (Å²) in [5.41, 5.74) is 1.27. The molecular weight excluding hydrogens is 274 g/mol. The Balaban J connectivity index is 2.35. The van der Waals surface area contributed by atoms with Gasteiger partial charge < -0.3 is 9.73 Å².